The lowest BCUT2D eigenvalue weighted by Crippen LogP contribution is -2.33. The van der Waals surface area contributed by atoms with E-state index in [0.29, 0.717) is 13.2 Å². The summed E-state index contributed by atoms with van der Waals surface area (Å²) in [5.41, 5.74) is 2.89. The van der Waals surface area contributed by atoms with E-state index in [2.05, 4.69) is 28.7 Å². The third-order valence-electron chi connectivity index (χ3n) is 3.62. The van der Waals surface area contributed by atoms with E-state index in [1.807, 2.05) is 49.7 Å². The van der Waals surface area contributed by atoms with Gasteiger partial charge in [-0.2, -0.15) is 5.10 Å². The molecule has 6 heteroatoms. The van der Waals surface area contributed by atoms with Gasteiger partial charge in [0, 0.05) is 24.5 Å². The van der Waals surface area contributed by atoms with Crippen molar-refractivity contribution in [1.82, 2.24) is 15.1 Å². The first-order valence-electron chi connectivity index (χ1n) is 8.26. The van der Waals surface area contributed by atoms with Crippen molar-refractivity contribution in [2.45, 2.75) is 34.2 Å². The van der Waals surface area contributed by atoms with Gasteiger partial charge in [-0.3, -0.25) is 4.68 Å². The summed E-state index contributed by atoms with van der Waals surface area (Å²) in [4.78, 5) is 12.0. The molecule has 1 unspecified atom stereocenters. The molecule has 0 saturated carbocycles. The average molecular weight is 330 g/mol. The molecule has 2 N–H and O–H groups in total. The maximum Gasteiger partial charge on any atom is 0.319 e. The number of rotatable bonds is 7. The van der Waals surface area contributed by atoms with Crippen LogP contribution in [-0.4, -0.2) is 29.0 Å². The predicted octanol–water partition coefficient (Wildman–Crippen LogP) is 3.36. The number of hydrogen-bond acceptors (Lipinski definition) is 3. The van der Waals surface area contributed by atoms with Gasteiger partial charge in [-0.05, 0) is 57.0 Å². The molecule has 0 radical (unpaired) electrons. The molecule has 130 valence electrons. The van der Waals surface area contributed by atoms with E-state index >= 15 is 0 Å². The van der Waals surface area contributed by atoms with Crippen LogP contribution in [0.2, 0.25) is 0 Å². The Morgan fingerprint density at radius 2 is 2.00 bits per heavy atom. The normalized spacial score (nSPS) is 11.8. The maximum atomic E-state index is 12.0. The lowest BCUT2D eigenvalue weighted by atomic mass is 10.2. The first-order chi connectivity index (χ1) is 11.5. The van der Waals surface area contributed by atoms with E-state index in [4.69, 9.17) is 4.74 Å². The average Bonchev–Trinajstić information content (AvgIpc) is 2.85. The Kier molecular flexibility index (Phi) is 6.23. The van der Waals surface area contributed by atoms with Gasteiger partial charge in [0.25, 0.3) is 0 Å². The second kappa shape index (κ2) is 8.38. The summed E-state index contributed by atoms with van der Waals surface area (Å²) < 4.78 is 7.35. The molecule has 0 fully saturated rings. The van der Waals surface area contributed by atoms with E-state index < -0.39 is 0 Å². The van der Waals surface area contributed by atoms with Crippen LogP contribution in [0.15, 0.2) is 30.3 Å². The summed E-state index contributed by atoms with van der Waals surface area (Å²) >= 11 is 0. The van der Waals surface area contributed by atoms with Crippen molar-refractivity contribution in [3.8, 4) is 5.75 Å². The number of benzene rings is 1. The Labute approximate surface area is 143 Å². The second-order valence-electron chi connectivity index (χ2n) is 6.01. The topological polar surface area (TPSA) is 68.2 Å². The molecule has 2 rings (SSSR count). The highest BCUT2D eigenvalue weighted by Gasteiger charge is 2.09. The van der Waals surface area contributed by atoms with Gasteiger partial charge in [-0.1, -0.05) is 6.92 Å². The van der Waals surface area contributed by atoms with E-state index in [-0.39, 0.29) is 11.9 Å². The molecule has 1 aromatic carbocycles. The number of aryl methyl sites for hydroxylation is 2. The van der Waals surface area contributed by atoms with Crippen molar-refractivity contribution in [3.63, 3.8) is 0 Å². The lowest BCUT2D eigenvalue weighted by Gasteiger charge is -2.14. The summed E-state index contributed by atoms with van der Waals surface area (Å²) in [7, 11) is 0. The standard InChI is InChI=1S/C18H26N4O2/c1-5-24-17-8-6-16(7-9-17)20-18(23)19-11-13(2)12-22-15(4)10-14(3)21-22/h6-10,13H,5,11-12H2,1-4H3,(H2,19,20,23). The summed E-state index contributed by atoms with van der Waals surface area (Å²) in [5.74, 6) is 1.08. The Morgan fingerprint density at radius 3 is 2.58 bits per heavy atom. The molecular formula is C18H26N4O2. The monoisotopic (exact) mass is 330 g/mol. The zero-order valence-electron chi connectivity index (χ0n) is 14.8. The molecule has 1 aromatic heterocycles. The smallest absolute Gasteiger partial charge is 0.319 e. The molecule has 1 atom stereocenters. The highest BCUT2D eigenvalue weighted by molar-refractivity contribution is 5.89. The van der Waals surface area contributed by atoms with Gasteiger partial charge in [0.1, 0.15) is 5.75 Å². The van der Waals surface area contributed by atoms with E-state index in [1.165, 1.54) is 0 Å². The predicted molar refractivity (Wildman–Crippen MR) is 95.5 cm³/mol. The SMILES string of the molecule is CCOc1ccc(NC(=O)NCC(C)Cn2nc(C)cc2C)cc1. The van der Waals surface area contributed by atoms with Crippen LogP contribution in [0.3, 0.4) is 0 Å². The maximum absolute atomic E-state index is 12.0. The number of anilines is 1. The minimum absolute atomic E-state index is 0.209. The third kappa shape index (κ3) is 5.30. The summed E-state index contributed by atoms with van der Waals surface area (Å²) in [5, 5.41) is 10.2. The van der Waals surface area contributed by atoms with Crippen LogP contribution >= 0.6 is 0 Å². The van der Waals surface area contributed by atoms with Gasteiger partial charge in [-0.25, -0.2) is 4.79 Å². The molecule has 0 spiro atoms. The first kappa shape index (κ1) is 17.8. The Bertz CT molecular complexity index is 664. The molecule has 0 aliphatic heterocycles. The number of carbonyl (C=O) groups excluding carboxylic acids is 1. The number of amides is 2. The van der Waals surface area contributed by atoms with Gasteiger partial charge in [0.2, 0.25) is 0 Å². The quantitative estimate of drug-likeness (QED) is 0.818. The second-order valence-corrected chi connectivity index (χ2v) is 6.01. The molecule has 0 aliphatic carbocycles. The zero-order chi connectivity index (χ0) is 17.5. The zero-order valence-corrected chi connectivity index (χ0v) is 14.8. The van der Waals surface area contributed by atoms with Crippen LogP contribution in [0.25, 0.3) is 0 Å². The fourth-order valence-electron chi connectivity index (χ4n) is 2.46. The van der Waals surface area contributed by atoms with Crippen molar-refractivity contribution in [2.24, 2.45) is 5.92 Å². The lowest BCUT2D eigenvalue weighted by molar-refractivity contribution is 0.249. The minimum atomic E-state index is -0.209. The van der Waals surface area contributed by atoms with Crippen molar-refractivity contribution in [2.75, 3.05) is 18.5 Å². The highest BCUT2D eigenvalue weighted by atomic mass is 16.5. The van der Waals surface area contributed by atoms with Gasteiger partial charge in [0.05, 0.1) is 12.3 Å². The largest absolute Gasteiger partial charge is 0.494 e. The van der Waals surface area contributed by atoms with E-state index in [1.54, 1.807) is 0 Å². The number of ether oxygens (including phenoxy) is 1. The van der Waals surface area contributed by atoms with Crippen LogP contribution < -0.4 is 15.4 Å². The van der Waals surface area contributed by atoms with Crippen LogP contribution in [-0.2, 0) is 6.54 Å². The molecule has 1 heterocycles. The van der Waals surface area contributed by atoms with Gasteiger partial charge < -0.3 is 15.4 Å². The summed E-state index contributed by atoms with van der Waals surface area (Å²) in [6, 6.07) is 9.17. The van der Waals surface area contributed by atoms with Crippen LogP contribution in [0.5, 0.6) is 5.75 Å². The number of aromatic nitrogens is 2. The van der Waals surface area contributed by atoms with Crippen molar-refractivity contribution in [3.05, 3.63) is 41.7 Å². The molecule has 0 saturated heterocycles. The molecule has 0 aliphatic rings. The van der Waals surface area contributed by atoms with Crippen LogP contribution in [0.4, 0.5) is 10.5 Å². The van der Waals surface area contributed by atoms with Crippen LogP contribution in [0, 0.1) is 19.8 Å². The molecular weight excluding hydrogens is 304 g/mol. The third-order valence-corrected chi connectivity index (χ3v) is 3.62. The minimum Gasteiger partial charge on any atom is -0.494 e. The molecule has 2 amide bonds. The fourth-order valence-corrected chi connectivity index (χ4v) is 2.46. The number of nitrogens with one attached hydrogen (secondary N) is 2. The summed E-state index contributed by atoms with van der Waals surface area (Å²) in [6.45, 7) is 10.0. The Morgan fingerprint density at radius 1 is 1.29 bits per heavy atom. The number of nitrogens with zero attached hydrogens (tertiary/aromatic N) is 2. The van der Waals surface area contributed by atoms with E-state index in [9.17, 15) is 4.79 Å². The van der Waals surface area contributed by atoms with Gasteiger partial charge in [-0.15, -0.1) is 0 Å². The van der Waals surface area contributed by atoms with Crippen molar-refractivity contribution < 1.29 is 9.53 Å². The van der Waals surface area contributed by atoms with Gasteiger partial charge >= 0.3 is 6.03 Å². The van der Waals surface area contributed by atoms with Crippen LogP contribution in [0.1, 0.15) is 25.2 Å². The Balaban J connectivity index is 1.76. The number of hydrogen-bond donors (Lipinski definition) is 2. The first-order valence-corrected chi connectivity index (χ1v) is 8.26. The number of carbonyl (C=O) groups is 1. The fraction of sp³-hybridized carbons (Fsp3) is 0.444. The van der Waals surface area contributed by atoms with Crippen molar-refractivity contribution >= 4 is 11.7 Å². The molecule has 6 nitrogen and oxygen atoms in total. The van der Waals surface area contributed by atoms with E-state index in [0.717, 1.165) is 29.4 Å². The van der Waals surface area contributed by atoms with Crippen molar-refractivity contribution in [1.29, 1.82) is 0 Å². The molecule has 0 bridgehead atoms. The molecule has 24 heavy (non-hydrogen) atoms. The summed E-state index contributed by atoms with van der Waals surface area (Å²) in [6.07, 6.45) is 0. The highest BCUT2D eigenvalue weighted by Crippen LogP contribution is 2.15. The molecule has 2 aromatic rings. The van der Waals surface area contributed by atoms with Gasteiger partial charge in [0.15, 0.2) is 0 Å². The Hall–Kier alpha value is -2.50. The number of urea groups is 1.